The van der Waals surface area contributed by atoms with Crippen LogP contribution in [0.1, 0.15) is 27.7 Å². The van der Waals surface area contributed by atoms with Crippen molar-refractivity contribution in [2.24, 2.45) is 7.05 Å². The quantitative estimate of drug-likeness (QED) is 0.878. The number of aliphatic hydroxyl groups is 1. The van der Waals surface area contributed by atoms with Crippen molar-refractivity contribution in [3.05, 3.63) is 59.4 Å². The van der Waals surface area contributed by atoms with Crippen LogP contribution >= 0.6 is 0 Å². The smallest absolute Gasteiger partial charge is 0.267 e. The second-order valence-corrected chi connectivity index (χ2v) is 4.64. The van der Waals surface area contributed by atoms with Crippen LogP contribution in [0.15, 0.2) is 42.6 Å². The maximum atomic E-state index is 11.9. The fourth-order valence-corrected chi connectivity index (χ4v) is 1.97. The van der Waals surface area contributed by atoms with E-state index in [2.05, 4.69) is 5.32 Å². The zero-order valence-electron chi connectivity index (χ0n) is 11.1. The third-order valence-corrected chi connectivity index (χ3v) is 3.06. The second kappa shape index (κ2) is 5.71. The minimum atomic E-state index is -0.691. The van der Waals surface area contributed by atoms with Gasteiger partial charge in [-0.1, -0.05) is 29.8 Å². The Morgan fingerprint density at radius 2 is 2.16 bits per heavy atom. The third-order valence-electron chi connectivity index (χ3n) is 3.06. The molecule has 0 saturated heterocycles. The van der Waals surface area contributed by atoms with E-state index in [4.69, 9.17) is 0 Å². The molecule has 1 heterocycles. The lowest BCUT2D eigenvalue weighted by molar-refractivity contribution is 0.0908. The minimum absolute atomic E-state index is 0.181. The molecule has 100 valence electrons. The van der Waals surface area contributed by atoms with Gasteiger partial charge in [-0.15, -0.1) is 0 Å². The van der Waals surface area contributed by atoms with Crippen LogP contribution in [-0.4, -0.2) is 22.1 Å². The van der Waals surface area contributed by atoms with Gasteiger partial charge >= 0.3 is 0 Å². The van der Waals surface area contributed by atoms with E-state index in [1.807, 2.05) is 50.5 Å². The van der Waals surface area contributed by atoms with Crippen LogP contribution in [0, 0.1) is 6.92 Å². The predicted molar refractivity (Wildman–Crippen MR) is 73.9 cm³/mol. The number of nitrogens with one attached hydrogen (secondary N) is 1. The number of hydrogen-bond donors (Lipinski definition) is 2. The summed E-state index contributed by atoms with van der Waals surface area (Å²) in [5.74, 6) is -0.181. The molecule has 0 spiro atoms. The Bertz CT molecular complexity index is 575. The summed E-state index contributed by atoms with van der Waals surface area (Å²) in [4.78, 5) is 11.9. The monoisotopic (exact) mass is 258 g/mol. The SMILES string of the molecule is Cc1cccc(C(O)CNC(=O)c2cccn2C)c1. The van der Waals surface area contributed by atoms with Crippen molar-refractivity contribution in [3.63, 3.8) is 0 Å². The van der Waals surface area contributed by atoms with Crippen LogP contribution in [0.25, 0.3) is 0 Å². The van der Waals surface area contributed by atoms with Crippen LogP contribution in [0.4, 0.5) is 0 Å². The van der Waals surface area contributed by atoms with Gasteiger partial charge in [-0.3, -0.25) is 4.79 Å². The van der Waals surface area contributed by atoms with E-state index in [0.717, 1.165) is 11.1 Å². The van der Waals surface area contributed by atoms with Crippen LogP contribution < -0.4 is 5.32 Å². The summed E-state index contributed by atoms with van der Waals surface area (Å²) in [7, 11) is 1.81. The molecule has 1 atom stereocenters. The largest absolute Gasteiger partial charge is 0.387 e. The summed E-state index contributed by atoms with van der Waals surface area (Å²) in [6, 6.07) is 11.2. The molecule has 0 bridgehead atoms. The van der Waals surface area contributed by atoms with Crippen LogP contribution in [0.2, 0.25) is 0 Å². The molecule has 0 saturated carbocycles. The molecular weight excluding hydrogens is 240 g/mol. The molecule has 1 amide bonds. The molecule has 0 aliphatic heterocycles. The maximum Gasteiger partial charge on any atom is 0.267 e. The molecule has 0 fully saturated rings. The topological polar surface area (TPSA) is 54.3 Å². The highest BCUT2D eigenvalue weighted by Crippen LogP contribution is 2.13. The first-order valence-corrected chi connectivity index (χ1v) is 6.22. The molecule has 2 N–H and O–H groups in total. The molecule has 1 unspecified atom stereocenters. The molecule has 0 aliphatic rings. The zero-order chi connectivity index (χ0) is 13.8. The number of rotatable bonds is 4. The van der Waals surface area contributed by atoms with E-state index in [0.29, 0.717) is 5.69 Å². The maximum absolute atomic E-state index is 11.9. The number of amides is 1. The Hall–Kier alpha value is -2.07. The Morgan fingerprint density at radius 3 is 2.79 bits per heavy atom. The lowest BCUT2D eigenvalue weighted by Crippen LogP contribution is -2.29. The van der Waals surface area contributed by atoms with Crippen molar-refractivity contribution in [2.75, 3.05) is 6.54 Å². The van der Waals surface area contributed by atoms with Crippen molar-refractivity contribution < 1.29 is 9.90 Å². The molecule has 4 nitrogen and oxygen atoms in total. The highest BCUT2D eigenvalue weighted by Gasteiger charge is 2.12. The summed E-state index contributed by atoms with van der Waals surface area (Å²) in [5, 5.41) is 12.8. The fraction of sp³-hybridized carbons (Fsp3) is 0.267. The summed E-state index contributed by atoms with van der Waals surface area (Å²) in [6.07, 6.45) is 1.12. The van der Waals surface area contributed by atoms with E-state index < -0.39 is 6.10 Å². The van der Waals surface area contributed by atoms with Gasteiger partial charge in [0.15, 0.2) is 0 Å². The molecule has 1 aromatic carbocycles. The van der Waals surface area contributed by atoms with Crippen molar-refractivity contribution >= 4 is 5.91 Å². The fourth-order valence-electron chi connectivity index (χ4n) is 1.97. The van der Waals surface area contributed by atoms with E-state index >= 15 is 0 Å². The van der Waals surface area contributed by atoms with E-state index in [1.54, 1.807) is 10.6 Å². The van der Waals surface area contributed by atoms with Crippen LogP contribution in [-0.2, 0) is 7.05 Å². The molecule has 4 heteroatoms. The van der Waals surface area contributed by atoms with Gasteiger partial charge in [-0.25, -0.2) is 0 Å². The standard InChI is InChI=1S/C15H18N2O2/c1-11-5-3-6-12(9-11)14(18)10-16-15(19)13-7-4-8-17(13)2/h3-9,14,18H,10H2,1-2H3,(H,16,19). The average Bonchev–Trinajstić information content (AvgIpc) is 2.82. The third kappa shape index (κ3) is 3.23. The molecule has 0 aliphatic carbocycles. The predicted octanol–water partition coefficient (Wildman–Crippen LogP) is 1.80. The number of aromatic nitrogens is 1. The van der Waals surface area contributed by atoms with Gasteiger partial charge in [0.25, 0.3) is 5.91 Å². The summed E-state index contributed by atoms with van der Waals surface area (Å²) in [6.45, 7) is 2.17. The van der Waals surface area contributed by atoms with Crippen molar-refractivity contribution in [3.8, 4) is 0 Å². The van der Waals surface area contributed by atoms with Gasteiger partial charge in [0, 0.05) is 19.8 Å². The first-order chi connectivity index (χ1) is 9.08. The number of carbonyl (C=O) groups is 1. The number of nitrogens with zero attached hydrogens (tertiary/aromatic N) is 1. The van der Waals surface area contributed by atoms with Gasteiger partial charge in [-0.2, -0.15) is 0 Å². The Labute approximate surface area is 112 Å². The average molecular weight is 258 g/mol. The normalized spacial score (nSPS) is 12.2. The zero-order valence-corrected chi connectivity index (χ0v) is 11.1. The summed E-state index contributed by atoms with van der Waals surface area (Å²) < 4.78 is 1.74. The van der Waals surface area contributed by atoms with Gasteiger partial charge in [0.1, 0.15) is 5.69 Å². The molecule has 2 aromatic rings. The Kier molecular flexibility index (Phi) is 4.02. The van der Waals surface area contributed by atoms with Crippen LogP contribution in [0.5, 0.6) is 0 Å². The van der Waals surface area contributed by atoms with Gasteiger partial charge in [-0.05, 0) is 24.6 Å². The number of aliphatic hydroxyl groups excluding tert-OH is 1. The van der Waals surface area contributed by atoms with Crippen molar-refractivity contribution in [1.29, 1.82) is 0 Å². The Balaban J connectivity index is 1.96. The number of benzene rings is 1. The molecule has 0 radical (unpaired) electrons. The molecular formula is C15H18N2O2. The lowest BCUT2D eigenvalue weighted by atomic mass is 10.1. The van der Waals surface area contributed by atoms with Crippen molar-refractivity contribution in [2.45, 2.75) is 13.0 Å². The molecule has 1 aromatic heterocycles. The molecule has 2 rings (SSSR count). The second-order valence-electron chi connectivity index (χ2n) is 4.64. The number of aryl methyl sites for hydroxylation is 2. The Morgan fingerprint density at radius 1 is 1.37 bits per heavy atom. The van der Waals surface area contributed by atoms with Gasteiger partial charge in [0.05, 0.1) is 6.10 Å². The van der Waals surface area contributed by atoms with E-state index in [-0.39, 0.29) is 12.5 Å². The number of carbonyl (C=O) groups excluding carboxylic acids is 1. The summed E-state index contributed by atoms with van der Waals surface area (Å²) >= 11 is 0. The van der Waals surface area contributed by atoms with Crippen molar-refractivity contribution in [1.82, 2.24) is 9.88 Å². The first kappa shape index (κ1) is 13.4. The van der Waals surface area contributed by atoms with Gasteiger partial charge in [0.2, 0.25) is 0 Å². The first-order valence-electron chi connectivity index (χ1n) is 6.22. The van der Waals surface area contributed by atoms with Crippen LogP contribution in [0.3, 0.4) is 0 Å². The lowest BCUT2D eigenvalue weighted by Gasteiger charge is -2.13. The highest BCUT2D eigenvalue weighted by atomic mass is 16.3. The summed E-state index contributed by atoms with van der Waals surface area (Å²) in [5.41, 5.74) is 2.48. The van der Waals surface area contributed by atoms with E-state index in [1.165, 1.54) is 0 Å². The number of hydrogen-bond acceptors (Lipinski definition) is 2. The molecule has 19 heavy (non-hydrogen) atoms. The van der Waals surface area contributed by atoms with E-state index in [9.17, 15) is 9.90 Å². The minimum Gasteiger partial charge on any atom is -0.387 e. The highest BCUT2D eigenvalue weighted by molar-refractivity contribution is 5.92. The van der Waals surface area contributed by atoms with Gasteiger partial charge < -0.3 is 15.0 Å².